The highest BCUT2D eigenvalue weighted by molar-refractivity contribution is 5.79. The second-order valence-electron chi connectivity index (χ2n) is 6.26. The molecule has 4 heteroatoms. The van der Waals surface area contributed by atoms with Gasteiger partial charge in [-0.1, -0.05) is 0 Å². The molecule has 1 aliphatic heterocycles. The van der Waals surface area contributed by atoms with Crippen molar-refractivity contribution in [1.29, 1.82) is 0 Å². The molecule has 0 aromatic heterocycles. The number of likely N-dealkylation sites (N-methyl/N-ethyl adjacent to an activating group) is 1. The highest BCUT2D eigenvalue weighted by Crippen LogP contribution is 2.23. The predicted molar refractivity (Wildman–Crippen MR) is 73.4 cm³/mol. The Morgan fingerprint density at radius 2 is 1.83 bits per heavy atom. The molecule has 0 bridgehead atoms. The van der Waals surface area contributed by atoms with Crippen molar-refractivity contribution in [1.82, 2.24) is 9.80 Å². The summed E-state index contributed by atoms with van der Waals surface area (Å²) in [6, 6.07) is 0.679. The molecule has 1 heterocycles. The van der Waals surface area contributed by atoms with Crippen LogP contribution in [0.3, 0.4) is 0 Å². The van der Waals surface area contributed by atoms with Crippen molar-refractivity contribution in [2.75, 3.05) is 20.2 Å². The van der Waals surface area contributed by atoms with Crippen LogP contribution in [0.5, 0.6) is 0 Å². The molecule has 4 nitrogen and oxygen atoms in total. The van der Waals surface area contributed by atoms with E-state index in [4.69, 9.17) is 0 Å². The number of amides is 1. The first-order chi connectivity index (χ1) is 8.29. The molecule has 0 radical (unpaired) electrons. The first-order valence-electron chi connectivity index (χ1n) is 6.93. The van der Waals surface area contributed by atoms with Crippen LogP contribution in [0.15, 0.2) is 0 Å². The quantitative estimate of drug-likeness (QED) is 0.828. The van der Waals surface area contributed by atoms with Gasteiger partial charge in [-0.2, -0.15) is 0 Å². The molecule has 1 amide bonds. The molecule has 0 aliphatic carbocycles. The summed E-state index contributed by atoms with van der Waals surface area (Å²) in [6.45, 7) is 8.59. The first kappa shape index (κ1) is 15.4. The molecule has 1 fully saturated rings. The Bertz CT molecular complexity index is 282. The number of hydrogen-bond acceptors (Lipinski definition) is 3. The molecule has 18 heavy (non-hydrogen) atoms. The maximum Gasteiger partial charge on any atom is 0.237 e. The SMILES string of the molecule is CC1CCCC(C)N1C(=O)CN(C)C(C)(C)CO. The van der Waals surface area contributed by atoms with E-state index < -0.39 is 0 Å². The third-order valence-corrected chi connectivity index (χ3v) is 4.27. The van der Waals surface area contributed by atoms with Crippen LogP contribution < -0.4 is 0 Å². The molecular formula is C14H28N2O2. The van der Waals surface area contributed by atoms with E-state index in [1.807, 2.05) is 30.7 Å². The minimum absolute atomic E-state index is 0.0574. The summed E-state index contributed by atoms with van der Waals surface area (Å²) in [5.41, 5.74) is -0.349. The Morgan fingerprint density at radius 1 is 1.33 bits per heavy atom. The fourth-order valence-electron chi connectivity index (χ4n) is 2.53. The first-order valence-corrected chi connectivity index (χ1v) is 6.93. The van der Waals surface area contributed by atoms with Crippen LogP contribution >= 0.6 is 0 Å². The van der Waals surface area contributed by atoms with E-state index in [0.717, 1.165) is 12.8 Å². The highest BCUT2D eigenvalue weighted by atomic mass is 16.3. The lowest BCUT2D eigenvalue weighted by Crippen LogP contribution is -2.54. The molecule has 0 aromatic rings. The maximum atomic E-state index is 12.4. The van der Waals surface area contributed by atoms with E-state index in [9.17, 15) is 9.90 Å². The molecule has 2 atom stereocenters. The minimum atomic E-state index is -0.349. The normalized spacial score (nSPS) is 25.6. The van der Waals surface area contributed by atoms with Crippen molar-refractivity contribution in [3.63, 3.8) is 0 Å². The molecule has 0 aromatic carbocycles. The third kappa shape index (κ3) is 3.45. The molecule has 0 saturated carbocycles. The average Bonchev–Trinajstić information content (AvgIpc) is 2.28. The summed E-state index contributed by atoms with van der Waals surface area (Å²) in [7, 11) is 1.90. The van der Waals surface area contributed by atoms with E-state index in [-0.39, 0.29) is 18.1 Å². The molecule has 1 N–H and O–H groups in total. The topological polar surface area (TPSA) is 43.8 Å². The lowest BCUT2D eigenvalue weighted by Gasteiger charge is -2.41. The summed E-state index contributed by atoms with van der Waals surface area (Å²) in [6.07, 6.45) is 3.41. The van der Waals surface area contributed by atoms with Gasteiger partial charge in [0, 0.05) is 17.6 Å². The van der Waals surface area contributed by atoms with Crippen LogP contribution in [0.1, 0.15) is 47.0 Å². The van der Waals surface area contributed by atoms with Crippen LogP contribution in [0.25, 0.3) is 0 Å². The van der Waals surface area contributed by atoms with Gasteiger partial charge in [0.1, 0.15) is 0 Å². The largest absolute Gasteiger partial charge is 0.394 e. The van der Waals surface area contributed by atoms with Crippen molar-refractivity contribution in [3.8, 4) is 0 Å². The van der Waals surface area contributed by atoms with E-state index >= 15 is 0 Å². The van der Waals surface area contributed by atoms with Gasteiger partial charge in [-0.05, 0) is 54.0 Å². The van der Waals surface area contributed by atoms with Gasteiger partial charge < -0.3 is 10.0 Å². The van der Waals surface area contributed by atoms with Gasteiger partial charge in [-0.15, -0.1) is 0 Å². The Morgan fingerprint density at radius 3 is 2.28 bits per heavy atom. The standard InChI is InChI=1S/C14H28N2O2/c1-11-7-6-8-12(2)16(11)13(18)9-15(5)14(3,4)10-17/h11-12,17H,6-10H2,1-5H3. The summed E-state index contributed by atoms with van der Waals surface area (Å²) >= 11 is 0. The van der Waals surface area contributed by atoms with Gasteiger partial charge >= 0.3 is 0 Å². The number of carbonyl (C=O) groups excluding carboxylic acids is 1. The number of nitrogens with zero attached hydrogens (tertiary/aromatic N) is 2. The predicted octanol–water partition coefficient (Wildman–Crippen LogP) is 1.48. The smallest absolute Gasteiger partial charge is 0.237 e. The Balaban J connectivity index is 2.64. The number of likely N-dealkylation sites (tertiary alicyclic amines) is 1. The average molecular weight is 256 g/mol. The van der Waals surface area contributed by atoms with Gasteiger partial charge in [0.25, 0.3) is 0 Å². The number of rotatable bonds is 4. The number of aliphatic hydroxyl groups is 1. The van der Waals surface area contributed by atoms with Crippen molar-refractivity contribution in [2.24, 2.45) is 0 Å². The van der Waals surface area contributed by atoms with Gasteiger partial charge in [0.05, 0.1) is 13.2 Å². The summed E-state index contributed by atoms with van der Waals surface area (Å²) in [5, 5.41) is 9.33. The molecule has 2 unspecified atom stereocenters. The van der Waals surface area contributed by atoms with Crippen molar-refractivity contribution in [2.45, 2.75) is 64.6 Å². The number of carbonyl (C=O) groups is 1. The molecule has 1 aliphatic rings. The monoisotopic (exact) mass is 256 g/mol. The lowest BCUT2D eigenvalue weighted by atomic mass is 9.97. The van der Waals surface area contributed by atoms with E-state index in [1.165, 1.54) is 6.42 Å². The Kier molecular flexibility index (Phi) is 5.17. The van der Waals surface area contributed by atoms with Crippen molar-refractivity contribution in [3.05, 3.63) is 0 Å². The van der Waals surface area contributed by atoms with Crippen LogP contribution in [0.2, 0.25) is 0 Å². The van der Waals surface area contributed by atoms with Crippen LogP contribution in [0, 0.1) is 0 Å². The summed E-state index contributed by atoms with van der Waals surface area (Å²) < 4.78 is 0. The molecule has 106 valence electrons. The fraction of sp³-hybridized carbons (Fsp3) is 0.929. The summed E-state index contributed by atoms with van der Waals surface area (Å²) in [5.74, 6) is 0.179. The molecular weight excluding hydrogens is 228 g/mol. The van der Waals surface area contributed by atoms with Crippen molar-refractivity contribution >= 4 is 5.91 Å². The molecule has 1 rings (SSSR count). The van der Waals surface area contributed by atoms with Gasteiger partial charge in [-0.25, -0.2) is 0 Å². The van der Waals surface area contributed by atoms with Gasteiger partial charge in [-0.3, -0.25) is 9.69 Å². The maximum absolute atomic E-state index is 12.4. The van der Waals surface area contributed by atoms with Crippen LogP contribution in [-0.4, -0.2) is 58.6 Å². The van der Waals surface area contributed by atoms with Crippen LogP contribution in [-0.2, 0) is 4.79 Å². The molecule has 0 spiro atoms. The van der Waals surface area contributed by atoms with E-state index in [0.29, 0.717) is 18.6 Å². The number of piperidine rings is 1. The molecule has 1 saturated heterocycles. The highest BCUT2D eigenvalue weighted by Gasteiger charge is 2.31. The lowest BCUT2D eigenvalue weighted by molar-refractivity contribution is -0.139. The summed E-state index contributed by atoms with van der Waals surface area (Å²) in [4.78, 5) is 16.3. The fourth-order valence-corrected chi connectivity index (χ4v) is 2.53. The number of aliphatic hydroxyl groups excluding tert-OH is 1. The van der Waals surface area contributed by atoms with Gasteiger partial charge in [0.15, 0.2) is 0 Å². The van der Waals surface area contributed by atoms with Gasteiger partial charge in [0.2, 0.25) is 5.91 Å². The third-order valence-electron chi connectivity index (χ3n) is 4.27. The Labute approximate surface area is 111 Å². The second-order valence-corrected chi connectivity index (χ2v) is 6.26. The van der Waals surface area contributed by atoms with E-state index in [1.54, 1.807) is 0 Å². The van der Waals surface area contributed by atoms with E-state index in [2.05, 4.69) is 13.8 Å². The Hall–Kier alpha value is -0.610. The minimum Gasteiger partial charge on any atom is -0.394 e. The van der Waals surface area contributed by atoms with Crippen LogP contribution in [0.4, 0.5) is 0 Å². The van der Waals surface area contributed by atoms with Crippen molar-refractivity contribution < 1.29 is 9.90 Å². The number of hydrogen-bond donors (Lipinski definition) is 1. The second kappa shape index (κ2) is 6.02. The zero-order chi connectivity index (χ0) is 13.9. The zero-order valence-corrected chi connectivity index (χ0v) is 12.4. The zero-order valence-electron chi connectivity index (χ0n) is 12.4.